The molecule has 1 N–H and O–H groups in total. The molecule has 1 aliphatic carbocycles. The standard InChI is InChI=1S/C14H22N2O2/c1-14(2,3)18-13(17)16-12-8-4-6-11(10-12)7-5-9-15/h5,7,11-12H,4,6,8,10H2,1-3H3,(H,16,17)/b7-5+. The minimum Gasteiger partial charge on any atom is -0.444 e. The Morgan fingerprint density at radius 2 is 2.17 bits per heavy atom. The van der Waals surface area contributed by atoms with Crippen molar-refractivity contribution in [1.29, 1.82) is 5.26 Å². The van der Waals surface area contributed by atoms with Gasteiger partial charge < -0.3 is 10.1 Å². The maximum atomic E-state index is 11.6. The third kappa shape index (κ3) is 5.72. The minimum absolute atomic E-state index is 0.155. The van der Waals surface area contributed by atoms with Gasteiger partial charge in [-0.1, -0.05) is 12.5 Å². The first-order valence-electron chi connectivity index (χ1n) is 6.46. The van der Waals surface area contributed by atoms with Crippen molar-refractivity contribution in [2.45, 2.75) is 58.1 Å². The van der Waals surface area contributed by atoms with Gasteiger partial charge in [0.25, 0.3) is 0 Å². The van der Waals surface area contributed by atoms with Gasteiger partial charge in [0, 0.05) is 12.1 Å². The van der Waals surface area contributed by atoms with Crippen molar-refractivity contribution in [3.63, 3.8) is 0 Å². The average molecular weight is 250 g/mol. The second-order valence-electron chi connectivity index (χ2n) is 5.76. The van der Waals surface area contributed by atoms with Crippen LogP contribution in [0.1, 0.15) is 46.5 Å². The van der Waals surface area contributed by atoms with E-state index in [2.05, 4.69) is 5.32 Å². The predicted molar refractivity (Wildman–Crippen MR) is 69.9 cm³/mol. The molecule has 2 atom stereocenters. The summed E-state index contributed by atoms with van der Waals surface area (Å²) in [5, 5.41) is 11.4. The number of carbonyl (C=O) groups is 1. The van der Waals surface area contributed by atoms with E-state index in [1.165, 1.54) is 6.08 Å². The fourth-order valence-corrected chi connectivity index (χ4v) is 2.19. The van der Waals surface area contributed by atoms with Crippen LogP contribution >= 0.6 is 0 Å². The van der Waals surface area contributed by atoms with E-state index in [1.54, 1.807) is 0 Å². The van der Waals surface area contributed by atoms with Crippen LogP contribution in [0.5, 0.6) is 0 Å². The van der Waals surface area contributed by atoms with Gasteiger partial charge in [-0.2, -0.15) is 5.26 Å². The summed E-state index contributed by atoms with van der Waals surface area (Å²) in [4.78, 5) is 11.6. The first-order chi connectivity index (χ1) is 8.40. The molecule has 0 aromatic heterocycles. The largest absolute Gasteiger partial charge is 0.444 e. The van der Waals surface area contributed by atoms with Gasteiger partial charge in [-0.3, -0.25) is 0 Å². The number of hydrogen-bond acceptors (Lipinski definition) is 3. The lowest BCUT2D eigenvalue weighted by atomic mass is 9.85. The Balaban J connectivity index is 2.41. The molecule has 1 aliphatic rings. The number of alkyl carbamates (subject to hydrolysis) is 1. The van der Waals surface area contributed by atoms with Crippen molar-refractivity contribution < 1.29 is 9.53 Å². The van der Waals surface area contributed by atoms with Crippen LogP contribution in [0.4, 0.5) is 4.79 Å². The Bertz CT molecular complexity index is 350. The summed E-state index contributed by atoms with van der Waals surface area (Å²) in [7, 11) is 0. The Morgan fingerprint density at radius 3 is 2.78 bits per heavy atom. The van der Waals surface area contributed by atoms with Crippen molar-refractivity contribution in [3.05, 3.63) is 12.2 Å². The Labute approximate surface area is 109 Å². The van der Waals surface area contributed by atoms with Crippen molar-refractivity contribution >= 4 is 6.09 Å². The second kappa shape index (κ2) is 6.44. The van der Waals surface area contributed by atoms with Gasteiger partial charge in [0.2, 0.25) is 0 Å². The second-order valence-corrected chi connectivity index (χ2v) is 5.76. The maximum absolute atomic E-state index is 11.6. The zero-order valence-electron chi connectivity index (χ0n) is 11.4. The molecule has 1 fully saturated rings. The fourth-order valence-electron chi connectivity index (χ4n) is 2.19. The zero-order chi connectivity index (χ0) is 13.6. The first kappa shape index (κ1) is 14.6. The molecule has 0 aromatic carbocycles. The van der Waals surface area contributed by atoms with Crippen LogP contribution in [-0.4, -0.2) is 17.7 Å². The molecule has 0 aromatic rings. The monoisotopic (exact) mass is 250 g/mol. The number of nitrogens with one attached hydrogen (secondary N) is 1. The average Bonchev–Trinajstić information content (AvgIpc) is 2.24. The van der Waals surface area contributed by atoms with Crippen LogP contribution in [0.2, 0.25) is 0 Å². The molecular formula is C14H22N2O2. The SMILES string of the molecule is CC(C)(C)OC(=O)NC1CCCC(/C=C/C#N)C1. The smallest absolute Gasteiger partial charge is 0.407 e. The van der Waals surface area contributed by atoms with E-state index in [9.17, 15) is 4.79 Å². The maximum Gasteiger partial charge on any atom is 0.407 e. The summed E-state index contributed by atoms with van der Waals surface area (Å²) in [5.41, 5.74) is -0.459. The predicted octanol–water partition coefficient (Wildman–Crippen LogP) is 3.15. The lowest BCUT2D eigenvalue weighted by Gasteiger charge is -2.29. The van der Waals surface area contributed by atoms with Gasteiger partial charge in [-0.05, 0) is 46.0 Å². The number of nitriles is 1. The van der Waals surface area contributed by atoms with Crippen LogP contribution in [-0.2, 0) is 4.74 Å². The number of carbonyl (C=O) groups excluding carboxylic acids is 1. The van der Waals surface area contributed by atoms with E-state index in [-0.39, 0.29) is 12.1 Å². The van der Waals surface area contributed by atoms with Crippen LogP contribution in [0.15, 0.2) is 12.2 Å². The number of ether oxygens (including phenoxy) is 1. The molecule has 100 valence electrons. The summed E-state index contributed by atoms with van der Waals surface area (Å²) < 4.78 is 5.24. The molecular weight excluding hydrogens is 228 g/mol. The number of hydrogen-bond donors (Lipinski definition) is 1. The van der Waals surface area contributed by atoms with Crippen molar-refractivity contribution in [2.75, 3.05) is 0 Å². The molecule has 0 saturated heterocycles. The molecule has 0 heterocycles. The van der Waals surface area contributed by atoms with Crippen molar-refractivity contribution in [1.82, 2.24) is 5.32 Å². The van der Waals surface area contributed by atoms with E-state index in [0.29, 0.717) is 5.92 Å². The highest BCUT2D eigenvalue weighted by atomic mass is 16.6. The van der Waals surface area contributed by atoms with Crippen molar-refractivity contribution in [2.24, 2.45) is 5.92 Å². The molecule has 0 radical (unpaired) electrons. The van der Waals surface area contributed by atoms with Gasteiger partial charge in [-0.15, -0.1) is 0 Å². The first-order valence-corrected chi connectivity index (χ1v) is 6.46. The summed E-state index contributed by atoms with van der Waals surface area (Å²) in [6, 6.07) is 2.16. The van der Waals surface area contributed by atoms with Gasteiger partial charge in [0.15, 0.2) is 0 Å². The van der Waals surface area contributed by atoms with E-state index in [1.807, 2.05) is 32.9 Å². The van der Waals surface area contributed by atoms with Gasteiger partial charge in [0.1, 0.15) is 5.60 Å². The lowest BCUT2D eigenvalue weighted by Crippen LogP contribution is -2.41. The normalized spacial score (nSPS) is 24.6. The molecule has 18 heavy (non-hydrogen) atoms. The van der Waals surface area contributed by atoms with E-state index in [0.717, 1.165) is 25.7 Å². The molecule has 4 nitrogen and oxygen atoms in total. The summed E-state index contributed by atoms with van der Waals surface area (Å²) in [5.74, 6) is 0.387. The van der Waals surface area contributed by atoms with Gasteiger partial charge >= 0.3 is 6.09 Å². The molecule has 0 bridgehead atoms. The number of amides is 1. The van der Waals surface area contributed by atoms with Crippen LogP contribution in [0.3, 0.4) is 0 Å². The summed E-state index contributed by atoms with van der Waals surface area (Å²) in [6.45, 7) is 5.56. The Hall–Kier alpha value is -1.50. The van der Waals surface area contributed by atoms with E-state index in [4.69, 9.17) is 10.00 Å². The third-order valence-corrected chi connectivity index (χ3v) is 2.88. The Kier molecular flexibility index (Phi) is 5.21. The molecule has 2 unspecified atom stereocenters. The number of rotatable bonds is 2. The molecule has 1 rings (SSSR count). The highest BCUT2D eigenvalue weighted by Gasteiger charge is 2.24. The molecule has 0 spiro atoms. The Morgan fingerprint density at radius 1 is 1.44 bits per heavy atom. The lowest BCUT2D eigenvalue weighted by molar-refractivity contribution is 0.0488. The number of nitrogens with zero attached hydrogens (tertiary/aromatic N) is 1. The van der Waals surface area contributed by atoms with Crippen LogP contribution < -0.4 is 5.32 Å². The third-order valence-electron chi connectivity index (χ3n) is 2.88. The molecule has 4 heteroatoms. The summed E-state index contributed by atoms with van der Waals surface area (Å²) in [6.07, 6.45) is 7.14. The van der Waals surface area contributed by atoms with Gasteiger partial charge in [-0.25, -0.2) is 4.79 Å². The van der Waals surface area contributed by atoms with E-state index >= 15 is 0 Å². The molecule has 1 saturated carbocycles. The summed E-state index contributed by atoms with van der Waals surface area (Å²) >= 11 is 0. The highest BCUT2D eigenvalue weighted by Crippen LogP contribution is 2.25. The van der Waals surface area contributed by atoms with Crippen molar-refractivity contribution in [3.8, 4) is 6.07 Å². The zero-order valence-corrected chi connectivity index (χ0v) is 11.4. The van der Waals surface area contributed by atoms with Gasteiger partial charge in [0.05, 0.1) is 6.07 Å². The molecule has 0 aliphatic heterocycles. The number of allylic oxidation sites excluding steroid dienone is 2. The fraction of sp³-hybridized carbons (Fsp3) is 0.714. The van der Waals surface area contributed by atoms with Crippen LogP contribution in [0.25, 0.3) is 0 Å². The topological polar surface area (TPSA) is 62.1 Å². The minimum atomic E-state index is -0.459. The van der Waals surface area contributed by atoms with Crippen LogP contribution in [0, 0.1) is 17.2 Å². The van der Waals surface area contributed by atoms with E-state index < -0.39 is 5.60 Å². The quantitative estimate of drug-likeness (QED) is 0.766. The highest BCUT2D eigenvalue weighted by molar-refractivity contribution is 5.68. The molecule has 1 amide bonds.